The first-order valence-electron chi connectivity index (χ1n) is 8.73. The molecule has 0 aliphatic carbocycles. The van der Waals surface area contributed by atoms with Crippen LogP contribution in [0.15, 0.2) is 77.7 Å². The summed E-state index contributed by atoms with van der Waals surface area (Å²) in [4.78, 5) is 15.5. The van der Waals surface area contributed by atoms with Gasteiger partial charge in [-0.1, -0.05) is 60.7 Å². The Balaban J connectivity index is 1.54. The Morgan fingerprint density at radius 1 is 0.962 bits per heavy atom. The van der Waals surface area contributed by atoms with E-state index in [2.05, 4.69) is 52.7 Å². The number of hydrogen-bond acceptors (Lipinski definition) is 3. The summed E-state index contributed by atoms with van der Waals surface area (Å²) in [5.74, 6) is 0.485. The number of likely N-dealkylation sites (N-methyl/N-ethyl adjacent to an activating group) is 1. The number of thioether (sulfide) groups is 1. The zero-order valence-corrected chi connectivity index (χ0v) is 16.0. The van der Waals surface area contributed by atoms with E-state index in [1.165, 1.54) is 16.3 Å². The number of hydrogen-bond donors (Lipinski definition) is 1. The summed E-state index contributed by atoms with van der Waals surface area (Å²) in [6.45, 7) is 0.605. The quantitative estimate of drug-likeness (QED) is 0.633. The molecule has 1 amide bonds. The number of fused-ring (bicyclic) bond motifs is 1. The first kappa shape index (κ1) is 18.5. The van der Waals surface area contributed by atoms with E-state index in [1.54, 1.807) is 11.8 Å². The third kappa shape index (κ3) is 4.87. The van der Waals surface area contributed by atoms with Crippen molar-refractivity contribution < 1.29 is 4.79 Å². The van der Waals surface area contributed by atoms with Gasteiger partial charge in [0.25, 0.3) is 0 Å². The Kier molecular flexibility index (Phi) is 6.31. The highest BCUT2D eigenvalue weighted by Crippen LogP contribution is 2.23. The smallest absolute Gasteiger partial charge is 0.230 e. The van der Waals surface area contributed by atoms with Crippen LogP contribution in [0.3, 0.4) is 0 Å². The second-order valence-electron chi connectivity index (χ2n) is 6.49. The van der Waals surface area contributed by atoms with Gasteiger partial charge in [0.05, 0.1) is 11.8 Å². The normalized spacial score (nSPS) is 12.3. The molecule has 0 saturated carbocycles. The molecule has 1 atom stereocenters. The van der Waals surface area contributed by atoms with Gasteiger partial charge < -0.3 is 10.2 Å². The second kappa shape index (κ2) is 8.88. The van der Waals surface area contributed by atoms with Crippen molar-refractivity contribution in [3.8, 4) is 0 Å². The van der Waals surface area contributed by atoms with E-state index in [9.17, 15) is 4.79 Å². The van der Waals surface area contributed by atoms with Gasteiger partial charge in [-0.15, -0.1) is 11.8 Å². The van der Waals surface area contributed by atoms with Crippen molar-refractivity contribution in [1.29, 1.82) is 0 Å². The zero-order valence-electron chi connectivity index (χ0n) is 15.2. The third-order valence-corrected chi connectivity index (χ3v) is 5.38. The van der Waals surface area contributed by atoms with Crippen molar-refractivity contribution in [1.82, 2.24) is 10.2 Å². The molecule has 0 unspecified atom stereocenters. The van der Waals surface area contributed by atoms with Crippen LogP contribution in [-0.4, -0.2) is 37.2 Å². The van der Waals surface area contributed by atoms with Gasteiger partial charge in [0.15, 0.2) is 0 Å². The van der Waals surface area contributed by atoms with Crippen molar-refractivity contribution in [2.45, 2.75) is 10.9 Å². The van der Waals surface area contributed by atoms with Crippen LogP contribution < -0.4 is 5.32 Å². The Labute approximate surface area is 159 Å². The minimum atomic E-state index is 0.0611. The lowest BCUT2D eigenvalue weighted by molar-refractivity contribution is -0.118. The number of nitrogens with one attached hydrogen (secondary N) is 1. The van der Waals surface area contributed by atoms with Gasteiger partial charge in [-0.2, -0.15) is 0 Å². The molecule has 26 heavy (non-hydrogen) atoms. The number of carbonyl (C=O) groups excluding carboxylic acids is 1. The van der Waals surface area contributed by atoms with Gasteiger partial charge >= 0.3 is 0 Å². The highest BCUT2D eigenvalue weighted by molar-refractivity contribution is 8.00. The van der Waals surface area contributed by atoms with Crippen molar-refractivity contribution >= 4 is 28.4 Å². The average molecular weight is 365 g/mol. The molecule has 0 heterocycles. The topological polar surface area (TPSA) is 32.3 Å². The molecule has 4 heteroatoms. The molecule has 0 aliphatic rings. The van der Waals surface area contributed by atoms with Crippen molar-refractivity contribution in [2.75, 3.05) is 26.4 Å². The highest BCUT2D eigenvalue weighted by Gasteiger charge is 2.15. The van der Waals surface area contributed by atoms with Crippen LogP contribution in [0.4, 0.5) is 0 Å². The lowest BCUT2D eigenvalue weighted by Gasteiger charge is -2.25. The van der Waals surface area contributed by atoms with Crippen LogP contribution in [0.1, 0.15) is 11.6 Å². The largest absolute Gasteiger partial charge is 0.353 e. The molecule has 0 fully saturated rings. The predicted octanol–water partition coefficient (Wildman–Crippen LogP) is 4.35. The number of nitrogens with zero attached hydrogens (tertiary/aromatic N) is 1. The molecule has 1 N–H and O–H groups in total. The molecule has 0 bridgehead atoms. The van der Waals surface area contributed by atoms with Crippen LogP contribution in [0.25, 0.3) is 10.8 Å². The highest BCUT2D eigenvalue weighted by atomic mass is 32.2. The summed E-state index contributed by atoms with van der Waals surface area (Å²) in [6, 6.07) is 25.0. The van der Waals surface area contributed by atoms with Crippen LogP contribution in [-0.2, 0) is 4.79 Å². The van der Waals surface area contributed by atoms with Crippen LogP contribution in [0.5, 0.6) is 0 Å². The number of carbonyl (C=O) groups is 1. The molecular weight excluding hydrogens is 340 g/mol. The van der Waals surface area contributed by atoms with E-state index < -0.39 is 0 Å². The van der Waals surface area contributed by atoms with Crippen LogP contribution in [0.2, 0.25) is 0 Å². The van der Waals surface area contributed by atoms with Gasteiger partial charge in [0, 0.05) is 11.4 Å². The first-order valence-corrected chi connectivity index (χ1v) is 9.72. The molecule has 0 aliphatic heterocycles. The summed E-state index contributed by atoms with van der Waals surface area (Å²) >= 11 is 1.57. The summed E-state index contributed by atoms with van der Waals surface area (Å²) < 4.78 is 0. The summed E-state index contributed by atoms with van der Waals surface area (Å²) in [5.41, 5.74) is 1.21. The third-order valence-electron chi connectivity index (χ3n) is 4.39. The summed E-state index contributed by atoms with van der Waals surface area (Å²) in [6.07, 6.45) is 0. The van der Waals surface area contributed by atoms with E-state index >= 15 is 0 Å². The molecule has 3 aromatic carbocycles. The fraction of sp³-hybridized carbons (Fsp3) is 0.227. The predicted molar refractivity (Wildman–Crippen MR) is 111 cm³/mol. The molecule has 3 rings (SSSR count). The number of rotatable bonds is 7. The molecule has 0 saturated heterocycles. The zero-order chi connectivity index (χ0) is 18.4. The van der Waals surface area contributed by atoms with E-state index in [0.717, 1.165) is 4.90 Å². The minimum Gasteiger partial charge on any atom is -0.353 e. The maximum Gasteiger partial charge on any atom is 0.230 e. The lowest BCUT2D eigenvalue weighted by atomic mass is 10.1. The molecular formula is C22H24N2OS. The van der Waals surface area contributed by atoms with Gasteiger partial charge in [-0.25, -0.2) is 0 Å². The lowest BCUT2D eigenvalue weighted by Crippen LogP contribution is -2.35. The Morgan fingerprint density at radius 2 is 1.65 bits per heavy atom. The Bertz CT molecular complexity index is 864. The average Bonchev–Trinajstić information content (AvgIpc) is 2.67. The molecule has 0 spiro atoms. The van der Waals surface area contributed by atoms with Gasteiger partial charge in [0.2, 0.25) is 5.91 Å². The van der Waals surface area contributed by atoms with E-state index in [0.29, 0.717) is 12.3 Å². The molecule has 3 aromatic rings. The van der Waals surface area contributed by atoms with Crippen LogP contribution in [0, 0.1) is 0 Å². The standard InChI is InChI=1S/C22H24N2OS/c1-24(2)21(18-9-4-3-5-10-18)15-23-22(25)16-26-20-13-12-17-8-6-7-11-19(17)14-20/h3-14,21H,15-16H2,1-2H3,(H,23,25)/t21-/m1/s1. The molecule has 134 valence electrons. The maximum absolute atomic E-state index is 12.3. The minimum absolute atomic E-state index is 0.0611. The molecule has 0 aromatic heterocycles. The fourth-order valence-corrected chi connectivity index (χ4v) is 3.72. The van der Waals surface area contributed by atoms with Gasteiger partial charge in [-0.3, -0.25) is 4.79 Å². The second-order valence-corrected chi connectivity index (χ2v) is 7.54. The first-order chi connectivity index (χ1) is 12.6. The fourth-order valence-electron chi connectivity index (χ4n) is 2.94. The van der Waals surface area contributed by atoms with Crippen molar-refractivity contribution in [3.63, 3.8) is 0 Å². The van der Waals surface area contributed by atoms with Crippen molar-refractivity contribution in [2.24, 2.45) is 0 Å². The van der Waals surface area contributed by atoms with E-state index in [1.807, 2.05) is 44.4 Å². The summed E-state index contributed by atoms with van der Waals surface area (Å²) in [5, 5.41) is 5.49. The monoisotopic (exact) mass is 364 g/mol. The van der Waals surface area contributed by atoms with Crippen LogP contribution >= 0.6 is 11.8 Å². The van der Waals surface area contributed by atoms with E-state index in [4.69, 9.17) is 0 Å². The van der Waals surface area contributed by atoms with E-state index in [-0.39, 0.29) is 11.9 Å². The molecule has 0 radical (unpaired) electrons. The maximum atomic E-state index is 12.3. The summed E-state index contributed by atoms with van der Waals surface area (Å²) in [7, 11) is 4.07. The van der Waals surface area contributed by atoms with Gasteiger partial charge in [0.1, 0.15) is 0 Å². The number of amides is 1. The van der Waals surface area contributed by atoms with Crippen molar-refractivity contribution in [3.05, 3.63) is 78.4 Å². The Hall–Kier alpha value is -2.30. The van der Waals surface area contributed by atoms with Gasteiger partial charge in [-0.05, 0) is 42.6 Å². The Morgan fingerprint density at radius 3 is 2.38 bits per heavy atom. The number of benzene rings is 3. The SMILES string of the molecule is CN(C)[C@H](CNC(=O)CSc1ccc2ccccc2c1)c1ccccc1. The molecule has 3 nitrogen and oxygen atoms in total.